The summed E-state index contributed by atoms with van der Waals surface area (Å²) in [6.45, 7) is 8.97. The molecule has 2 aliphatic rings. The number of carbonyl (C=O) groups is 1. The second-order valence-electron chi connectivity index (χ2n) is 8.86. The average molecular weight is 374 g/mol. The van der Waals surface area contributed by atoms with Crippen LogP contribution in [0.5, 0.6) is 0 Å². The number of rotatable bonds is 6. The molecule has 1 aromatic carbocycles. The summed E-state index contributed by atoms with van der Waals surface area (Å²) in [5, 5.41) is 12.4. The van der Waals surface area contributed by atoms with Crippen molar-refractivity contribution in [2.75, 3.05) is 32.8 Å². The van der Waals surface area contributed by atoms with Crippen molar-refractivity contribution in [1.29, 1.82) is 0 Å². The van der Waals surface area contributed by atoms with E-state index in [1.165, 1.54) is 18.4 Å². The van der Waals surface area contributed by atoms with E-state index in [0.717, 1.165) is 45.6 Å². The SMILES string of the molecule is CC(C)(CO)NC(=O)C1CCCN(C2CCN(Cc3ccccc3)CC2)C1. The lowest BCUT2D eigenvalue weighted by Gasteiger charge is -2.42. The molecule has 2 fully saturated rings. The van der Waals surface area contributed by atoms with Gasteiger partial charge in [0.05, 0.1) is 18.1 Å². The number of nitrogens with zero attached hydrogens (tertiary/aromatic N) is 2. The molecule has 2 saturated heterocycles. The van der Waals surface area contributed by atoms with Crippen molar-refractivity contribution in [2.24, 2.45) is 5.92 Å². The Morgan fingerprint density at radius 1 is 1.15 bits per heavy atom. The zero-order valence-electron chi connectivity index (χ0n) is 16.9. The first-order chi connectivity index (χ1) is 13.0. The number of hydrogen-bond acceptors (Lipinski definition) is 4. The number of nitrogens with one attached hydrogen (secondary N) is 1. The fourth-order valence-corrected chi connectivity index (χ4v) is 4.31. The van der Waals surface area contributed by atoms with Gasteiger partial charge in [0.15, 0.2) is 0 Å². The zero-order valence-corrected chi connectivity index (χ0v) is 16.9. The number of aliphatic hydroxyl groups is 1. The molecule has 2 heterocycles. The molecule has 0 saturated carbocycles. The lowest BCUT2D eigenvalue weighted by Crippen LogP contribution is -2.54. The van der Waals surface area contributed by atoms with Crippen LogP contribution in [0.2, 0.25) is 0 Å². The molecule has 5 nitrogen and oxygen atoms in total. The fourth-order valence-electron chi connectivity index (χ4n) is 4.31. The molecule has 2 aliphatic heterocycles. The predicted molar refractivity (Wildman–Crippen MR) is 108 cm³/mol. The Balaban J connectivity index is 1.47. The van der Waals surface area contributed by atoms with Crippen LogP contribution in [-0.4, -0.2) is 65.2 Å². The predicted octanol–water partition coefficient (Wildman–Crippen LogP) is 2.25. The molecule has 150 valence electrons. The van der Waals surface area contributed by atoms with Gasteiger partial charge in [0, 0.05) is 19.1 Å². The summed E-state index contributed by atoms with van der Waals surface area (Å²) in [6, 6.07) is 11.3. The van der Waals surface area contributed by atoms with E-state index in [4.69, 9.17) is 0 Å². The van der Waals surface area contributed by atoms with Crippen molar-refractivity contribution in [3.05, 3.63) is 35.9 Å². The van der Waals surface area contributed by atoms with Gasteiger partial charge in [-0.3, -0.25) is 14.6 Å². The Bertz CT molecular complexity index is 597. The molecular formula is C22H35N3O2. The number of carbonyl (C=O) groups excluding carboxylic acids is 1. The smallest absolute Gasteiger partial charge is 0.224 e. The maximum Gasteiger partial charge on any atom is 0.224 e. The Labute approximate surface area is 163 Å². The molecule has 0 radical (unpaired) electrons. The lowest BCUT2D eigenvalue weighted by molar-refractivity contribution is -0.129. The third-order valence-corrected chi connectivity index (χ3v) is 6.00. The van der Waals surface area contributed by atoms with E-state index < -0.39 is 5.54 Å². The van der Waals surface area contributed by atoms with Gasteiger partial charge in [-0.15, -0.1) is 0 Å². The van der Waals surface area contributed by atoms with Gasteiger partial charge >= 0.3 is 0 Å². The number of amides is 1. The highest BCUT2D eigenvalue weighted by molar-refractivity contribution is 5.79. The van der Waals surface area contributed by atoms with E-state index in [1.54, 1.807) is 0 Å². The van der Waals surface area contributed by atoms with E-state index in [1.807, 2.05) is 13.8 Å². The van der Waals surface area contributed by atoms with Crippen LogP contribution >= 0.6 is 0 Å². The van der Waals surface area contributed by atoms with Gasteiger partial charge in [-0.25, -0.2) is 0 Å². The van der Waals surface area contributed by atoms with Gasteiger partial charge < -0.3 is 10.4 Å². The maximum absolute atomic E-state index is 12.6. The molecular weight excluding hydrogens is 338 g/mol. The van der Waals surface area contributed by atoms with Crippen molar-refractivity contribution < 1.29 is 9.90 Å². The van der Waals surface area contributed by atoms with Crippen molar-refractivity contribution >= 4 is 5.91 Å². The molecule has 0 aliphatic carbocycles. The van der Waals surface area contributed by atoms with Gasteiger partial charge in [-0.1, -0.05) is 30.3 Å². The number of piperidine rings is 2. The molecule has 0 aromatic heterocycles. The topological polar surface area (TPSA) is 55.8 Å². The van der Waals surface area contributed by atoms with Gasteiger partial charge in [-0.2, -0.15) is 0 Å². The molecule has 5 heteroatoms. The normalized spacial score (nSPS) is 23.3. The standard InChI is InChI=1S/C22H35N3O2/c1-22(2,17-26)23-21(27)19-9-6-12-25(16-19)20-10-13-24(14-11-20)15-18-7-4-3-5-8-18/h3-5,7-8,19-20,26H,6,9-17H2,1-2H3,(H,23,27). The molecule has 1 aromatic rings. The van der Waals surface area contributed by atoms with Crippen LogP contribution in [0, 0.1) is 5.92 Å². The van der Waals surface area contributed by atoms with Gasteiger partial charge in [0.2, 0.25) is 5.91 Å². The Kier molecular flexibility index (Phi) is 6.90. The molecule has 1 unspecified atom stereocenters. The summed E-state index contributed by atoms with van der Waals surface area (Å²) in [5.41, 5.74) is 0.847. The van der Waals surface area contributed by atoms with Crippen molar-refractivity contribution in [3.8, 4) is 0 Å². The maximum atomic E-state index is 12.6. The fraction of sp³-hybridized carbons (Fsp3) is 0.682. The Morgan fingerprint density at radius 2 is 1.85 bits per heavy atom. The minimum absolute atomic E-state index is 0.0327. The number of hydrogen-bond donors (Lipinski definition) is 2. The van der Waals surface area contributed by atoms with E-state index >= 15 is 0 Å². The highest BCUT2D eigenvalue weighted by Gasteiger charge is 2.33. The molecule has 0 spiro atoms. The average Bonchev–Trinajstić information content (AvgIpc) is 2.69. The minimum Gasteiger partial charge on any atom is -0.394 e. The molecule has 27 heavy (non-hydrogen) atoms. The van der Waals surface area contributed by atoms with Crippen LogP contribution in [0.1, 0.15) is 45.1 Å². The minimum atomic E-state index is -0.540. The number of benzene rings is 1. The summed E-state index contributed by atoms with van der Waals surface area (Å²) < 4.78 is 0. The van der Waals surface area contributed by atoms with E-state index in [2.05, 4.69) is 45.4 Å². The monoisotopic (exact) mass is 373 g/mol. The van der Waals surface area contributed by atoms with E-state index in [0.29, 0.717) is 6.04 Å². The van der Waals surface area contributed by atoms with Crippen LogP contribution in [0.15, 0.2) is 30.3 Å². The van der Waals surface area contributed by atoms with Gasteiger partial charge in [0.25, 0.3) is 0 Å². The second-order valence-corrected chi connectivity index (χ2v) is 8.86. The molecule has 3 rings (SSSR count). The molecule has 0 bridgehead atoms. The summed E-state index contributed by atoms with van der Waals surface area (Å²) in [4.78, 5) is 17.7. The number of aliphatic hydroxyl groups excluding tert-OH is 1. The van der Waals surface area contributed by atoms with Crippen LogP contribution in [0.25, 0.3) is 0 Å². The van der Waals surface area contributed by atoms with Crippen LogP contribution < -0.4 is 5.32 Å². The molecule has 1 amide bonds. The summed E-state index contributed by atoms with van der Waals surface area (Å²) in [6.07, 6.45) is 4.41. The number of likely N-dealkylation sites (tertiary alicyclic amines) is 2. The van der Waals surface area contributed by atoms with Crippen LogP contribution in [-0.2, 0) is 11.3 Å². The van der Waals surface area contributed by atoms with Crippen LogP contribution in [0.3, 0.4) is 0 Å². The second kappa shape index (κ2) is 9.18. The first-order valence-corrected chi connectivity index (χ1v) is 10.4. The lowest BCUT2D eigenvalue weighted by atomic mass is 9.92. The van der Waals surface area contributed by atoms with Crippen molar-refractivity contribution in [2.45, 2.75) is 57.7 Å². The third kappa shape index (κ3) is 5.77. The van der Waals surface area contributed by atoms with Gasteiger partial charge in [-0.05, 0) is 64.7 Å². The van der Waals surface area contributed by atoms with Crippen LogP contribution in [0.4, 0.5) is 0 Å². The first-order valence-electron chi connectivity index (χ1n) is 10.4. The highest BCUT2D eigenvalue weighted by atomic mass is 16.3. The quantitative estimate of drug-likeness (QED) is 0.803. The largest absolute Gasteiger partial charge is 0.394 e. The van der Waals surface area contributed by atoms with E-state index in [-0.39, 0.29) is 18.4 Å². The van der Waals surface area contributed by atoms with Crippen molar-refractivity contribution in [1.82, 2.24) is 15.1 Å². The highest BCUT2D eigenvalue weighted by Crippen LogP contribution is 2.25. The van der Waals surface area contributed by atoms with Crippen molar-refractivity contribution in [3.63, 3.8) is 0 Å². The Hall–Kier alpha value is -1.43. The Morgan fingerprint density at radius 3 is 2.52 bits per heavy atom. The summed E-state index contributed by atoms with van der Waals surface area (Å²) in [5.74, 6) is 0.146. The molecule has 2 N–H and O–H groups in total. The zero-order chi connectivity index (χ0) is 19.3. The molecule has 1 atom stereocenters. The summed E-state index contributed by atoms with van der Waals surface area (Å²) >= 11 is 0. The third-order valence-electron chi connectivity index (χ3n) is 6.00. The first kappa shape index (κ1) is 20.3. The van der Waals surface area contributed by atoms with Gasteiger partial charge in [0.1, 0.15) is 0 Å². The van der Waals surface area contributed by atoms with E-state index in [9.17, 15) is 9.90 Å². The summed E-state index contributed by atoms with van der Waals surface area (Å²) in [7, 11) is 0.